The minimum atomic E-state index is -0.379. The zero-order valence-electron chi connectivity index (χ0n) is 13.6. The van der Waals surface area contributed by atoms with Crippen LogP contribution in [0.3, 0.4) is 0 Å². The van der Waals surface area contributed by atoms with E-state index in [0.29, 0.717) is 37.5 Å². The van der Waals surface area contributed by atoms with Crippen LogP contribution < -0.4 is 5.32 Å². The van der Waals surface area contributed by atoms with Gasteiger partial charge in [-0.05, 0) is 12.3 Å². The summed E-state index contributed by atoms with van der Waals surface area (Å²) in [5.41, 5.74) is -0.156. The SMILES string of the molecule is CC(C)C(O)CCNC(=O)CCc1nc(C(C)(C)C)no1. The summed E-state index contributed by atoms with van der Waals surface area (Å²) in [7, 11) is 0. The van der Waals surface area contributed by atoms with Gasteiger partial charge in [0, 0.05) is 24.8 Å². The Balaban J connectivity index is 2.29. The summed E-state index contributed by atoms with van der Waals surface area (Å²) in [6.07, 6.45) is 0.930. The molecule has 6 heteroatoms. The third kappa shape index (κ3) is 6.25. The number of nitrogens with zero attached hydrogens (tertiary/aromatic N) is 2. The molecule has 1 amide bonds. The van der Waals surface area contributed by atoms with E-state index in [1.165, 1.54) is 0 Å². The summed E-state index contributed by atoms with van der Waals surface area (Å²) in [5.74, 6) is 1.27. The molecule has 0 aliphatic heterocycles. The van der Waals surface area contributed by atoms with Crippen LogP contribution in [-0.4, -0.2) is 33.8 Å². The molecule has 120 valence electrons. The van der Waals surface area contributed by atoms with Crippen LogP contribution in [0.4, 0.5) is 0 Å². The van der Waals surface area contributed by atoms with Crippen molar-refractivity contribution in [2.75, 3.05) is 6.54 Å². The Kier molecular flexibility index (Phi) is 6.33. The maximum atomic E-state index is 11.7. The van der Waals surface area contributed by atoms with Crippen LogP contribution in [0.1, 0.15) is 59.2 Å². The molecule has 2 N–H and O–H groups in total. The number of aryl methyl sites for hydroxylation is 1. The maximum Gasteiger partial charge on any atom is 0.227 e. The van der Waals surface area contributed by atoms with E-state index >= 15 is 0 Å². The molecule has 6 nitrogen and oxygen atoms in total. The van der Waals surface area contributed by atoms with Crippen LogP contribution in [-0.2, 0) is 16.6 Å². The monoisotopic (exact) mass is 297 g/mol. The first-order valence-corrected chi connectivity index (χ1v) is 7.48. The molecule has 0 aromatic carbocycles. The summed E-state index contributed by atoms with van der Waals surface area (Å²) in [5, 5.41) is 16.3. The number of rotatable bonds is 7. The van der Waals surface area contributed by atoms with Crippen molar-refractivity contribution in [2.45, 2.75) is 65.4 Å². The van der Waals surface area contributed by atoms with Gasteiger partial charge in [-0.1, -0.05) is 39.8 Å². The normalized spacial score (nSPS) is 13.5. The van der Waals surface area contributed by atoms with Crippen LogP contribution in [0.25, 0.3) is 0 Å². The van der Waals surface area contributed by atoms with Crippen molar-refractivity contribution in [1.29, 1.82) is 0 Å². The van der Waals surface area contributed by atoms with Crippen LogP contribution in [0.2, 0.25) is 0 Å². The Morgan fingerprint density at radius 1 is 1.38 bits per heavy atom. The number of carbonyl (C=O) groups excluding carboxylic acids is 1. The lowest BCUT2D eigenvalue weighted by Crippen LogP contribution is -2.28. The topological polar surface area (TPSA) is 88.2 Å². The molecular formula is C15H27N3O3. The van der Waals surface area contributed by atoms with Gasteiger partial charge in [0.15, 0.2) is 5.82 Å². The molecule has 1 rings (SSSR count). The first kappa shape index (κ1) is 17.6. The minimum Gasteiger partial charge on any atom is -0.393 e. The summed E-state index contributed by atoms with van der Waals surface area (Å²) < 4.78 is 5.13. The molecule has 0 aliphatic carbocycles. The molecule has 0 bridgehead atoms. The lowest BCUT2D eigenvalue weighted by molar-refractivity contribution is -0.121. The van der Waals surface area contributed by atoms with E-state index in [-0.39, 0.29) is 23.3 Å². The number of hydrogen-bond donors (Lipinski definition) is 2. The molecule has 0 saturated heterocycles. The highest BCUT2D eigenvalue weighted by atomic mass is 16.5. The van der Waals surface area contributed by atoms with Gasteiger partial charge in [0.1, 0.15) is 0 Å². The van der Waals surface area contributed by atoms with Crippen LogP contribution in [0, 0.1) is 5.92 Å². The van der Waals surface area contributed by atoms with E-state index in [9.17, 15) is 9.90 Å². The van der Waals surface area contributed by atoms with Crippen molar-refractivity contribution in [3.05, 3.63) is 11.7 Å². The molecule has 0 fully saturated rings. The Labute approximate surface area is 126 Å². The molecule has 1 heterocycles. The second-order valence-corrected chi connectivity index (χ2v) is 6.71. The number of amides is 1. The summed E-state index contributed by atoms with van der Waals surface area (Å²) in [6.45, 7) is 10.4. The summed E-state index contributed by atoms with van der Waals surface area (Å²) >= 11 is 0. The second-order valence-electron chi connectivity index (χ2n) is 6.71. The van der Waals surface area contributed by atoms with E-state index in [1.807, 2.05) is 34.6 Å². The van der Waals surface area contributed by atoms with E-state index < -0.39 is 0 Å². The fourth-order valence-electron chi connectivity index (χ4n) is 1.66. The molecule has 0 aliphatic rings. The molecule has 0 saturated carbocycles. The fourth-order valence-corrected chi connectivity index (χ4v) is 1.66. The van der Waals surface area contributed by atoms with Crippen LogP contribution in [0.5, 0.6) is 0 Å². The van der Waals surface area contributed by atoms with Crippen molar-refractivity contribution in [1.82, 2.24) is 15.5 Å². The van der Waals surface area contributed by atoms with Gasteiger partial charge in [-0.3, -0.25) is 4.79 Å². The highest BCUT2D eigenvalue weighted by molar-refractivity contribution is 5.75. The average molecular weight is 297 g/mol. The summed E-state index contributed by atoms with van der Waals surface area (Å²) in [4.78, 5) is 16.0. The van der Waals surface area contributed by atoms with Gasteiger partial charge in [-0.15, -0.1) is 0 Å². The van der Waals surface area contributed by atoms with Gasteiger partial charge in [0.2, 0.25) is 11.8 Å². The molecule has 0 spiro atoms. The largest absolute Gasteiger partial charge is 0.393 e. The predicted octanol–water partition coefficient (Wildman–Crippen LogP) is 1.82. The van der Waals surface area contributed by atoms with Crippen molar-refractivity contribution in [3.63, 3.8) is 0 Å². The number of aliphatic hydroxyl groups excluding tert-OH is 1. The Morgan fingerprint density at radius 2 is 2.05 bits per heavy atom. The predicted molar refractivity (Wildman–Crippen MR) is 79.8 cm³/mol. The first-order valence-electron chi connectivity index (χ1n) is 7.48. The maximum absolute atomic E-state index is 11.7. The highest BCUT2D eigenvalue weighted by Gasteiger charge is 2.21. The van der Waals surface area contributed by atoms with Crippen molar-refractivity contribution in [3.8, 4) is 0 Å². The van der Waals surface area contributed by atoms with E-state index in [0.717, 1.165) is 0 Å². The lowest BCUT2D eigenvalue weighted by atomic mass is 9.96. The zero-order valence-corrected chi connectivity index (χ0v) is 13.6. The molecule has 1 atom stereocenters. The fraction of sp³-hybridized carbons (Fsp3) is 0.800. The second kappa shape index (κ2) is 7.54. The van der Waals surface area contributed by atoms with E-state index in [4.69, 9.17) is 4.52 Å². The summed E-state index contributed by atoms with van der Waals surface area (Å²) in [6, 6.07) is 0. The van der Waals surface area contributed by atoms with Crippen molar-refractivity contribution < 1.29 is 14.4 Å². The first-order chi connectivity index (χ1) is 9.70. The van der Waals surface area contributed by atoms with Crippen molar-refractivity contribution >= 4 is 5.91 Å². The zero-order chi connectivity index (χ0) is 16.0. The smallest absolute Gasteiger partial charge is 0.227 e. The van der Waals surface area contributed by atoms with Gasteiger partial charge in [-0.2, -0.15) is 4.98 Å². The molecule has 21 heavy (non-hydrogen) atoms. The van der Waals surface area contributed by atoms with Crippen molar-refractivity contribution in [2.24, 2.45) is 5.92 Å². The van der Waals surface area contributed by atoms with Gasteiger partial charge in [0.25, 0.3) is 0 Å². The average Bonchev–Trinajstić information content (AvgIpc) is 2.84. The standard InChI is InChI=1S/C15H27N3O3/c1-10(2)11(19)8-9-16-12(20)6-7-13-17-14(18-21-13)15(3,4)5/h10-11,19H,6-9H2,1-5H3,(H,16,20). The number of nitrogens with one attached hydrogen (secondary N) is 1. The number of aromatic nitrogens is 2. The highest BCUT2D eigenvalue weighted by Crippen LogP contribution is 2.18. The molecule has 1 aromatic heterocycles. The Bertz CT molecular complexity index is 449. The third-order valence-electron chi connectivity index (χ3n) is 3.24. The van der Waals surface area contributed by atoms with Crippen LogP contribution >= 0.6 is 0 Å². The Morgan fingerprint density at radius 3 is 2.57 bits per heavy atom. The van der Waals surface area contributed by atoms with Gasteiger partial charge in [-0.25, -0.2) is 0 Å². The molecule has 0 radical (unpaired) electrons. The lowest BCUT2D eigenvalue weighted by Gasteiger charge is -2.14. The molecule has 1 unspecified atom stereocenters. The third-order valence-corrected chi connectivity index (χ3v) is 3.24. The van der Waals surface area contributed by atoms with Gasteiger partial charge in [0.05, 0.1) is 6.10 Å². The van der Waals surface area contributed by atoms with Gasteiger partial charge >= 0.3 is 0 Å². The van der Waals surface area contributed by atoms with Gasteiger partial charge < -0.3 is 14.9 Å². The van der Waals surface area contributed by atoms with Crippen LogP contribution in [0.15, 0.2) is 4.52 Å². The van der Waals surface area contributed by atoms with E-state index in [2.05, 4.69) is 15.5 Å². The number of aliphatic hydroxyl groups is 1. The quantitative estimate of drug-likeness (QED) is 0.801. The molecule has 1 aromatic rings. The minimum absolute atomic E-state index is 0.0681. The number of carbonyl (C=O) groups is 1. The molecular weight excluding hydrogens is 270 g/mol. The Hall–Kier alpha value is -1.43. The number of hydrogen-bond acceptors (Lipinski definition) is 5. The van der Waals surface area contributed by atoms with E-state index in [1.54, 1.807) is 0 Å².